The van der Waals surface area contributed by atoms with Crippen molar-refractivity contribution in [2.24, 2.45) is 0 Å². The molecule has 3 rings (SSSR count). The van der Waals surface area contributed by atoms with Crippen LogP contribution in [0.3, 0.4) is 0 Å². The molecule has 0 spiro atoms. The predicted molar refractivity (Wildman–Crippen MR) is 113 cm³/mol. The van der Waals surface area contributed by atoms with E-state index in [1.165, 1.54) is 42.0 Å². The van der Waals surface area contributed by atoms with E-state index >= 15 is 0 Å². The second-order valence-corrected chi connectivity index (χ2v) is 8.74. The Labute approximate surface area is 180 Å². The van der Waals surface area contributed by atoms with Crippen molar-refractivity contribution < 1.29 is 31.9 Å². The standard InChI is InChI=1S/C21H24N2O7S/c1-28-18-9-7-16(14-19(18)31(26,27)23-11-3-2-4-12-23)22-20(24)15-30-21(25)10-8-17-6-5-13-29-17/h5-10,13-14H,2-4,11-12,15H2,1H3,(H,22,24)/b10-8+. The number of esters is 1. The van der Waals surface area contributed by atoms with Crippen LogP contribution in [0.15, 0.2) is 52.0 Å². The quantitative estimate of drug-likeness (QED) is 0.488. The minimum atomic E-state index is -3.76. The Balaban J connectivity index is 1.64. The van der Waals surface area contributed by atoms with Crippen LogP contribution in [0.2, 0.25) is 0 Å². The predicted octanol–water partition coefficient (Wildman–Crippen LogP) is 2.66. The fourth-order valence-corrected chi connectivity index (χ4v) is 4.82. The lowest BCUT2D eigenvalue weighted by atomic mass is 10.2. The Hall–Kier alpha value is -3.11. The van der Waals surface area contributed by atoms with E-state index in [-0.39, 0.29) is 16.3 Å². The number of furan rings is 1. The van der Waals surface area contributed by atoms with Crippen molar-refractivity contribution >= 4 is 33.7 Å². The van der Waals surface area contributed by atoms with Gasteiger partial charge in [0.15, 0.2) is 6.61 Å². The molecule has 0 bridgehead atoms. The molecule has 1 saturated heterocycles. The minimum absolute atomic E-state index is 0.0203. The number of piperidine rings is 1. The number of methoxy groups -OCH3 is 1. The van der Waals surface area contributed by atoms with Gasteiger partial charge >= 0.3 is 5.97 Å². The van der Waals surface area contributed by atoms with Gasteiger partial charge in [-0.25, -0.2) is 13.2 Å². The highest BCUT2D eigenvalue weighted by Gasteiger charge is 2.29. The Bertz CT molecular complexity index is 1040. The van der Waals surface area contributed by atoms with Gasteiger partial charge in [-0.2, -0.15) is 4.31 Å². The molecule has 1 aromatic heterocycles. The molecule has 1 fully saturated rings. The first-order valence-corrected chi connectivity index (χ1v) is 11.2. The molecule has 0 aliphatic carbocycles. The van der Waals surface area contributed by atoms with Gasteiger partial charge in [-0.3, -0.25) is 4.79 Å². The summed E-state index contributed by atoms with van der Waals surface area (Å²) in [6, 6.07) is 7.68. The molecular formula is C21H24N2O7S. The molecule has 0 atom stereocenters. The van der Waals surface area contributed by atoms with Crippen LogP contribution in [0.5, 0.6) is 5.75 Å². The number of benzene rings is 1. The molecule has 1 aromatic carbocycles. The molecule has 1 N–H and O–H groups in total. The maximum Gasteiger partial charge on any atom is 0.331 e. The van der Waals surface area contributed by atoms with Gasteiger partial charge in [-0.15, -0.1) is 0 Å². The van der Waals surface area contributed by atoms with Gasteiger partial charge in [0.05, 0.1) is 13.4 Å². The van der Waals surface area contributed by atoms with Crippen molar-refractivity contribution in [2.45, 2.75) is 24.2 Å². The number of ether oxygens (including phenoxy) is 2. The molecule has 0 radical (unpaired) electrons. The average molecular weight is 448 g/mol. The highest BCUT2D eigenvalue weighted by molar-refractivity contribution is 7.89. The Morgan fingerprint density at radius 1 is 1.19 bits per heavy atom. The molecule has 31 heavy (non-hydrogen) atoms. The van der Waals surface area contributed by atoms with Crippen LogP contribution >= 0.6 is 0 Å². The Morgan fingerprint density at radius 2 is 1.97 bits per heavy atom. The second-order valence-electron chi connectivity index (χ2n) is 6.84. The zero-order valence-corrected chi connectivity index (χ0v) is 17.9. The van der Waals surface area contributed by atoms with E-state index in [2.05, 4.69) is 5.32 Å². The summed E-state index contributed by atoms with van der Waals surface area (Å²) in [5, 5.41) is 2.54. The molecule has 10 heteroatoms. The maximum atomic E-state index is 13.0. The normalized spacial score (nSPS) is 15.0. The second kappa shape index (κ2) is 10.3. The number of amides is 1. The van der Waals surface area contributed by atoms with E-state index in [4.69, 9.17) is 13.9 Å². The van der Waals surface area contributed by atoms with Crippen LogP contribution < -0.4 is 10.1 Å². The monoisotopic (exact) mass is 448 g/mol. The van der Waals surface area contributed by atoms with Crippen LogP contribution in [0.25, 0.3) is 6.08 Å². The van der Waals surface area contributed by atoms with E-state index in [1.54, 1.807) is 12.1 Å². The van der Waals surface area contributed by atoms with E-state index in [0.29, 0.717) is 18.8 Å². The summed E-state index contributed by atoms with van der Waals surface area (Å²) in [6.07, 6.45) is 6.63. The molecule has 1 aliphatic rings. The molecule has 0 saturated carbocycles. The molecule has 2 heterocycles. The van der Waals surface area contributed by atoms with Gasteiger partial charge in [-0.05, 0) is 49.2 Å². The van der Waals surface area contributed by atoms with Crippen LogP contribution in [0.1, 0.15) is 25.0 Å². The largest absolute Gasteiger partial charge is 0.495 e. The number of carbonyl (C=O) groups is 2. The lowest BCUT2D eigenvalue weighted by Crippen LogP contribution is -2.35. The number of anilines is 1. The molecule has 1 amide bonds. The number of carbonyl (C=O) groups excluding carboxylic acids is 2. The highest BCUT2D eigenvalue weighted by Crippen LogP contribution is 2.31. The van der Waals surface area contributed by atoms with Gasteiger partial charge in [-0.1, -0.05) is 6.42 Å². The first kappa shape index (κ1) is 22.6. The third-order valence-electron chi connectivity index (χ3n) is 4.65. The van der Waals surface area contributed by atoms with Gasteiger partial charge in [0.2, 0.25) is 10.0 Å². The van der Waals surface area contributed by atoms with Gasteiger partial charge in [0, 0.05) is 24.9 Å². The van der Waals surface area contributed by atoms with Crippen molar-refractivity contribution in [2.75, 3.05) is 32.1 Å². The van der Waals surface area contributed by atoms with Crippen molar-refractivity contribution in [3.63, 3.8) is 0 Å². The van der Waals surface area contributed by atoms with Crippen LogP contribution in [-0.2, 0) is 24.3 Å². The summed E-state index contributed by atoms with van der Waals surface area (Å²) < 4.78 is 42.6. The van der Waals surface area contributed by atoms with Crippen molar-refractivity contribution in [1.82, 2.24) is 4.31 Å². The summed E-state index contributed by atoms with van der Waals surface area (Å²) in [5.74, 6) is -0.652. The summed E-state index contributed by atoms with van der Waals surface area (Å²) in [7, 11) is -2.38. The maximum absolute atomic E-state index is 13.0. The minimum Gasteiger partial charge on any atom is -0.495 e. The van der Waals surface area contributed by atoms with Crippen molar-refractivity contribution in [1.29, 1.82) is 0 Å². The number of nitrogens with zero attached hydrogens (tertiary/aromatic N) is 1. The highest BCUT2D eigenvalue weighted by atomic mass is 32.2. The molecule has 9 nitrogen and oxygen atoms in total. The summed E-state index contributed by atoms with van der Waals surface area (Å²) in [6.45, 7) is 0.370. The number of hydrogen-bond donors (Lipinski definition) is 1. The van der Waals surface area contributed by atoms with E-state index in [1.807, 2.05) is 0 Å². The summed E-state index contributed by atoms with van der Waals surface area (Å²) in [4.78, 5) is 23.8. The number of sulfonamides is 1. The number of rotatable bonds is 8. The van der Waals surface area contributed by atoms with Crippen molar-refractivity contribution in [3.8, 4) is 5.75 Å². The van der Waals surface area contributed by atoms with Crippen molar-refractivity contribution in [3.05, 3.63) is 48.4 Å². The fraction of sp³-hybridized carbons (Fsp3) is 0.333. The molecule has 1 aliphatic heterocycles. The smallest absolute Gasteiger partial charge is 0.331 e. The SMILES string of the molecule is COc1ccc(NC(=O)COC(=O)/C=C/c2ccco2)cc1S(=O)(=O)N1CCCCC1. The number of hydrogen-bond acceptors (Lipinski definition) is 7. The molecule has 0 unspecified atom stereocenters. The first-order chi connectivity index (χ1) is 14.9. The van der Waals surface area contributed by atoms with Gasteiger partial charge < -0.3 is 19.2 Å². The number of nitrogens with one attached hydrogen (secondary N) is 1. The Morgan fingerprint density at radius 3 is 2.65 bits per heavy atom. The molecule has 2 aromatic rings. The third kappa shape index (κ3) is 5.96. The molecular weight excluding hydrogens is 424 g/mol. The Kier molecular flexibility index (Phi) is 7.48. The van der Waals surface area contributed by atoms with Crippen LogP contribution in [0, 0.1) is 0 Å². The summed E-state index contributed by atoms with van der Waals surface area (Å²) in [5.41, 5.74) is 0.253. The zero-order valence-electron chi connectivity index (χ0n) is 17.1. The lowest BCUT2D eigenvalue weighted by molar-refractivity contribution is -0.142. The zero-order chi connectivity index (χ0) is 22.3. The van der Waals surface area contributed by atoms with Gasteiger partial charge in [0.1, 0.15) is 16.4 Å². The van der Waals surface area contributed by atoms with E-state index < -0.39 is 28.5 Å². The van der Waals surface area contributed by atoms with Crippen LogP contribution in [0.4, 0.5) is 5.69 Å². The van der Waals surface area contributed by atoms with E-state index in [0.717, 1.165) is 25.3 Å². The third-order valence-corrected chi connectivity index (χ3v) is 6.57. The first-order valence-electron chi connectivity index (χ1n) is 9.76. The van der Waals surface area contributed by atoms with E-state index in [9.17, 15) is 18.0 Å². The summed E-state index contributed by atoms with van der Waals surface area (Å²) >= 11 is 0. The lowest BCUT2D eigenvalue weighted by Gasteiger charge is -2.26. The topological polar surface area (TPSA) is 115 Å². The van der Waals surface area contributed by atoms with Crippen LogP contribution in [-0.4, -0.2) is 51.4 Å². The fourth-order valence-electron chi connectivity index (χ4n) is 3.12. The average Bonchev–Trinajstić information content (AvgIpc) is 3.30. The van der Waals surface area contributed by atoms with Gasteiger partial charge in [0.25, 0.3) is 5.91 Å². The molecule has 166 valence electrons.